The van der Waals surface area contributed by atoms with Crippen LogP contribution in [0.5, 0.6) is 0 Å². The van der Waals surface area contributed by atoms with E-state index in [9.17, 15) is 0 Å². The fourth-order valence-corrected chi connectivity index (χ4v) is 8.35. The van der Waals surface area contributed by atoms with Crippen molar-refractivity contribution in [3.8, 4) is 33.4 Å². The van der Waals surface area contributed by atoms with Crippen molar-refractivity contribution < 1.29 is 8.83 Å². The van der Waals surface area contributed by atoms with Crippen molar-refractivity contribution in [1.82, 2.24) is 0 Å². The molecule has 0 saturated heterocycles. The average Bonchev–Trinajstić information content (AvgIpc) is 3.83. The summed E-state index contributed by atoms with van der Waals surface area (Å²) in [6.07, 6.45) is 0. The van der Waals surface area contributed by atoms with Crippen LogP contribution in [0.1, 0.15) is 0 Å². The predicted octanol–water partition coefficient (Wildman–Crippen LogP) is 15.1. The van der Waals surface area contributed by atoms with Gasteiger partial charge in [0.1, 0.15) is 22.3 Å². The van der Waals surface area contributed by atoms with E-state index in [1.165, 1.54) is 21.9 Å². The number of para-hydroxylation sites is 4. The Morgan fingerprint density at radius 1 is 0.309 bits per heavy atom. The van der Waals surface area contributed by atoms with Crippen LogP contribution < -0.4 is 4.90 Å². The van der Waals surface area contributed by atoms with Crippen LogP contribution in [0.2, 0.25) is 0 Å². The summed E-state index contributed by atoms with van der Waals surface area (Å²) < 4.78 is 12.8. The van der Waals surface area contributed by atoms with Gasteiger partial charge in [0.2, 0.25) is 0 Å². The van der Waals surface area contributed by atoms with Gasteiger partial charge in [-0.05, 0) is 81.6 Å². The normalized spacial score (nSPS) is 11.6. The molecule has 0 fully saturated rings. The van der Waals surface area contributed by atoms with Gasteiger partial charge in [0.25, 0.3) is 0 Å². The summed E-state index contributed by atoms with van der Waals surface area (Å²) in [6.45, 7) is 0. The minimum Gasteiger partial charge on any atom is -0.456 e. The molecule has 9 aromatic carbocycles. The lowest BCUT2D eigenvalue weighted by Gasteiger charge is -2.28. The van der Waals surface area contributed by atoms with Gasteiger partial charge in [0.05, 0.1) is 5.69 Å². The van der Waals surface area contributed by atoms with Crippen molar-refractivity contribution in [2.45, 2.75) is 0 Å². The number of benzene rings is 9. The van der Waals surface area contributed by atoms with Crippen LogP contribution in [0.15, 0.2) is 209 Å². The summed E-state index contributed by atoms with van der Waals surface area (Å²) in [6, 6.07) is 71.0. The first-order chi connectivity index (χ1) is 27.3. The lowest BCUT2D eigenvalue weighted by atomic mass is 9.96. The first-order valence-electron chi connectivity index (χ1n) is 18.7. The third-order valence-electron chi connectivity index (χ3n) is 10.9. The second kappa shape index (κ2) is 12.6. The molecule has 0 atom stereocenters. The molecule has 0 amide bonds. The summed E-state index contributed by atoms with van der Waals surface area (Å²) >= 11 is 0. The number of rotatable bonds is 6. The number of hydrogen-bond donors (Lipinski definition) is 0. The monoisotopic (exact) mass is 703 g/mol. The Hall–Kier alpha value is -7.36. The van der Waals surface area contributed by atoms with Crippen molar-refractivity contribution in [3.63, 3.8) is 0 Å². The lowest BCUT2D eigenvalue weighted by molar-refractivity contribution is 0.669. The first-order valence-corrected chi connectivity index (χ1v) is 18.7. The second-order valence-electron chi connectivity index (χ2n) is 14.0. The summed E-state index contributed by atoms with van der Waals surface area (Å²) in [5.41, 5.74) is 13.6. The van der Waals surface area contributed by atoms with Crippen molar-refractivity contribution in [2.75, 3.05) is 4.90 Å². The molecular formula is C52H33NO2. The van der Waals surface area contributed by atoms with Crippen LogP contribution >= 0.6 is 0 Å². The Morgan fingerprint density at radius 3 is 1.62 bits per heavy atom. The summed E-state index contributed by atoms with van der Waals surface area (Å²) in [5, 5.41) is 6.96. The zero-order valence-electron chi connectivity index (χ0n) is 29.8. The topological polar surface area (TPSA) is 29.5 Å². The molecule has 11 rings (SSSR count). The zero-order valence-corrected chi connectivity index (χ0v) is 29.8. The molecule has 0 aliphatic rings. The molecule has 11 aromatic rings. The summed E-state index contributed by atoms with van der Waals surface area (Å²) in [4.78, 5) is 2.37. The molecule has 3 nitrogen and oxygen atoms in total. The number of nitrogens with zero attached hydrogens (tertiary/aromatic N) is 1. The Labute approximate surface area is 317 Å². The van der Waals surface area contributed by atoms with Gasteiger partial charge >= 0.3 is 0 Å². The minimum absolute atomic E-state index is 0.878. The third kappa shape index (κ3) is 5.13. The molecule has 55 heavy (non-hydrogen) atoms. The predicted molar refractivity (Wildman–Crippen MR) is 229 cm³/mol. The van der Waals surface area contributed by atoms with Gasteiger partial charge in [-0.1, -0.05) is 152 Å². The Kier molecular flexibility index (Phi) is 7.17. The molecule has 0 bridgehead atoms. The standard InChI is InChI=1S/C52H33NO2/c1-2-14-39-34(12-1)13-9-18-40(39)35-26-30-37(31-27-35)53(38-32-28-36(29-33-38)41-19-10-21-45-43-16-4-7-23-48(43)55-52(41)45)47-22-6-3-15-42(47)44-20-11-25-50-51(44)46-17-5-8-24-49(46)54-50/h1-33H. The van der Waals surface area contributed by atoms with Crippen LogP contribution in [0.4, 0.5) is 17.1 Å². The molecule has 258 valence electrons. The molecule has 3 heteroatoms. The smallest absolute Gasteiger partial charge is 0.143 e. The Morgan fingerprint density at radius 2 is 0.818 bits per heavy atom. The van der Waals surface area contributed by atoms with E-state index in [2.05, 4.69) is 181 Å². The van der Waals surface area contributed by atoms with Gasteiger partial charge in [-0.2, -0.15) is 0 Å². The number of furan rings is 2. The van der Waals surface area contributed by atoms with Crippen LogP contribution in [-0.4, -0.2) is 0 Å². The number of anilines is 3. The van der Waals surface area contributed by atoms with Gasteiger partial charge in [-0.15, -0.1) is 0 Å². The molecule has 0 N–H and O–H groups in total. The van der Waals surface area contributed by atoms with Gasteiger partial charge in [0.15, 0.2) is 0 Å². The molecule has 0 saturated carbocycles. The van der Waals surface area contributed by atoms with Crippen molar-refractivity contribution in [3.05, 3.63) is 200 Å². The van der Waals surface area contributed by atoms with E-state index in [4.69, 9.17) is 8.83 Å². The van der Waals surface area contributed by atoms with E-state index in [0.717, 1.165) is 83.2 Å². The molecule has 0 aliphatic heterocycles. The highest BCUT2D eigenvalue weighted by Crippen LogP contribution is 2.46. The Balaban J connectivity index is 1.08. The molecule has 0 spiro atoms. The van der Waals surface area contributed by atoms with Gasteiger partial charge in [-0.3, -0.25) is 0 Å². The molecule has 0 unspecified atom stereocenters. The van der Waals surface area contributed by atoms with Crippen molar-refractivity contribution in [1.29, 1.82) is 0 Å². The minimum atomic E-state index is 0.878. The van der Waals surface area contributed by atoms with E-state index in [1.807, 2.05) is 24.3 Å². The van der Waals surface area contributed by atoms with Crippen molar-refractivity contribution in [2.24, 2.45) is 0 Å². The SMILES string of the molecule is c1ccc(N(c2ccc(-c3cccc4ccccc34)cc2)c2ccc(-c3cccc4c3oc3ccccc34)cc2)c(-c2cccc3oc4ccccc4c23)c1. The van der Waals surface area contributed by atoms with Gasteiger partial charge < -0.3 is 13.7 Å². The van der Waals surface area contributed by atoms with Crippen LogP contribution in [0.25, 0.3) is 88.0 Å². The van der Waals surface area contributed by atoms with E-state index >= 15 is 0 Å². The maximum absolute atomic E-state index is 6.43. The van der Waals surface area contributed by atoms with Gasteiger partial charge in [0, 0.05) is 44.0 Å². The van der Waals surface area contributed by atoms with E-state index in [1.54, 1.807) is 0 Å². The molecular weight excluding hydrogens is 671 g/mol. The molecule has 0 aliphatic carbocycles. The average molecular weight is 704 g/mol. The van der Waals surface area contributed by atoms with Crippen molar-refractivity contribution >= 4 is 71.7 Å². The highest BCUT2D eigenvalue weighted by Gasteiger charge is 2.21. The van der Waals surface area contributed by atoms with Crippen LogP contribution in [0, 0.1) is 0 Å². The van der Waals surface area contributed by atoms with E-state index in [0.29, 0.717) is 0 Å². The highest BCUT2D eigenvalue weighted by molar-refractivity contribution is 6.14. The quantitative estimate of drug-likeness (QED) is 0.173. The first kappa shape index (κ1) is 31.2. The molecule has 0 radical (unpaired) electrons. The Bertz CT molecular complexity index is 3200. The maximum Gasteiger partial charge on any atom is 0.143 e. The number of hydrogen-bond acceptors (Lipinski definition) is 3. The fraction of sp³-hybridized carbons (Fsp3) is 0. The highest BCUT2D eigenvalue weighted by atomic mass is 16.3. The van der Waals surface area contributed by atoms with Crippen LogP contribution in [-0.2, 0) is 0 Å². The van der Waals surface area contributed by atoms with E-state index in [-0.39, 0.29) is 0 Å². The largest absolute Gasteiger partial charge is 0.456 e. The fourth-order valence-electron chi connectivity index (χ4n) is 8.35. The third-order valence-corrected chi connectivity index (χ3v) is 10.9. The van der Waals surface area contributed by atoms with Gasteiger partial charge in [-0.25, -0.2) is 0 Å². The molecule has 2 heterocycles. The zero-order chi connectivity index (χ0) is 36.3. The lowest BCUT2D eigenvalue weighted by Crippen LogP contribution is -2.11. The molecule has 2 aromatic heterocycles. The summed E-state index contributed by atoms with van der Waals surface area (Å²) in [5.74, 6) is 0. The van der Waals surface area contributed by atoms with Crippen LogP contribution in [0.3, 0.4) is 0 Å². The van der Waals surface area contributed by atoms with E-state index < -0.39 is 0 Å². The number of fused-ring (bicyclic) bond motifs is 7. The maximum atomic E-state index is 6.43. The summed E-state index contributed by atoms with van der Waals surface area (Å²) in [7, 11) is 0. The second-order valence-corrected chi connectivity index (χ2v) is 14.0.